The van der Waals surface area contributed by atoms with Gasteiger partial charge in [-0.25, -0.2) is 13.6 Å². The molecule has 0 bridgehead atoms. The summed E-state index contributed by atoms with van der Waals surface area (Å²) in [5, 5.41) is 5.49. The maximum Gasteiger partial charge on any atom is 0.293 e. The second-order valence-corrected chi connectivity index (χ2v) is 11.1. The van der Waals surface area contributed by atoms with Crippen LogP contribution in [0.3, 0.4) is 0 Å². The van der Waals surface area contributed by atoms with Crippen molar-refractivity contribution in [3.63, 3.8) is 0 Å². The van der Waals surface area contributed by atoms with Crippen LogP contribution in [0.2, 0.25) is 5.02 Å². The largest absolute Gasteiger partial charge is 0.457 e. The lowest BCUT2D eigenvalue weighted by molar-refractivity contribution is -0.123. The lowest BCUT2D eigenvalue weighted by atomic mass is 10.0. The minimum atomic E-state index is -3.89. The van der Waals surface area contributed by atoms with Crippen molar-refractivity contribution in [2.24, 2.45) is 5.14 Å². The quantitative estimate of drug-likeness (QED) is 0.288. The van der Waals surface area contributed by atoms with Crippen LogP contribution in [0.4, 0.5) is 4.79 Å². The molecule has 2 amide bonds. The normalized spacial score (nSPS) is 15.1. The van der Waals surface area contributed by atoms with E-state index < -0.39 is 21.2 Å². The smallest absolute Gasteiger partial charge is 0.293 e. The summed E-state index contributed by atoms with van der Waals surface area (Å²) in [6.07, 6.45) is 1.54. The van der Waals surface area contributed by atoms with Gasteiger partial charge in [-0.15, -0.1) is 0 Å². The van der Waals surface area contributed by atoms with Crippen LogP contribution in [-0.2, 0) is 21.4 Å². The van der Waals surface area contributed by atoms with Crippen molar-refractivity contribution in [1.29, 1.82) is 0 Å². The standard InChI is InChI=1S/C27H19ClN2O5S2/c28-22-7-3-1-6-21(22)23-14-13-19(35-23)15-24-26(31)30(27(32)36-24)16-17-9-11-18(12-10-17)20-5-2-4-8-25(20)37(29,33)34/h1-15H,16H2,(H2,29,33,34)/b24-15-. The summed E-state index contributed by atoms with van der Waals surface area (Å²) < 4.78 is 29.7. The molecule has 3 aromatic carbocycles. The first kappa shape index (κ1) is 25.0. The van der Waals surface area contributed by atoms with Gasteiger partial charge in [0, 0.05) is 17.2 Å². The molecular weight excluding hydrogens is 532 g/mol. The number of sulfonamides is 1. The first-order valence-corrected chi connectivity index (χ1v) is 13.8. The fourth-order valence-electron chi connectivity index (χ4n) is 3.93. The number of furan rings is 1. The Bertz CT molecular complexity index is 1660. The minimum absolute atomic E-state index is 0.0226. The van der Waals surface area contributed by atoms with Crippen molar-refractivity contribution in [3.8, 4) is 22.5 Å². The van der Waals surface area contributed by atoms with Crippen molar-refractivity contribution in [2.75, 3.05) is 0 Å². The Morgan fingerprint density at radius 1 is 0.892 bits per heavy atom. The molecule has 1 fully saturated rings. The number of carbonyl (C=O) groups excluding carboxylic acids is 2. The van der Waals surface area contributed by atoms with Crippen molar-refractivity contribution in [1.82, 2.24) is 4.90 Å². The van der Waals surface area contributed by atoms with Crippen LogP contribution in [0, 0.1) is 0 Å². The first-order chi connectivity index (χ1) is 17.7. The van der Waals surface area contributed by atoms with Gasteiger partial charge < -0.3 is 4.42 Å². The van der Waals surface area contributed by atoms with Gasteiger partial charge in [0.05, 0.1) is 21.4 Å². The molecule has 0 spiro atoms. The Labute approximate surface area is 222 Å². The summed E-state index contributed by atoms with van der Waals surface area (Å²) in [6.45, 7) is 0.0716. The molecule has 0 unspecified atom stereocenters. The summed E-state index contributed by atoms with van der Waals surface area (Å²) in [6, 6.07) is 24.1. The molecule has 0 atom stereocenters. The number of amides is 2. The molecule has 0 saturated carbocycles. The van der Waals surface area contributed by atoms with Crippen molar-refractivity contribution >= 4 is 50.6 Å². The molecule has 1 aliphatic heterocycles. The second kappa shape index (κ2) is 10.0. The molecule has 1 aromatic heterocycles. The molecule has 5 rings (SSSR count). The van der Waals surface area contributed by atoms with Gasteiger partial charge in [-0.05, 0) is 53.2 Å². The summed E-state index contributed by atoms with van der Waals surface area (Å²) in [7, 11) is -3.89. The molecule has 2 heterocycles. The zero-order chi connectivity index (χ0) is 26.2. The summed E-state index contributed by atoms with van der Waals surface area (Å²) in [5.41, 5.74) is 2.56. The van der Waals surface area contributed by atoms with Crippen LogP contribution in [-0.4, -0.2) is 24.5 Å². The van der Waals surface area contributed by atoms with Crippen molar-refractivity contribution in [3.05, 3.63) is 106 Å². The molecule has 10 heteroatoms. The molecule has 37 heavy (non-hydrogen) atoms. The zero-order valence-corrected chi connectivity index (χ0v) is 21.5. The van der Waals surface area contributed by atoms with E-state index in [9.17, 15) is 18.0 Å². The number of imide groups is 1. The Hall–Kier alpha value is -3.63. The number of benzene rings is 3. The predicted octanol–water partition coefficient (Wildman–Crippen LogP) is 6.15. The van der Waals surface area contributed by atoms with Gasteiger partial charge >= 0.3 is 0 Å². The van der Waals surface area contributed by atoms with E-state index >= 15 is 0 Å². The van der Waals surface area contributed by atoms with Gasteiger partial charge in [-0.2, -0.15) is 0 Å². The van der Waals surface area contributed by atoms with E-state index in [1.165, 1.54) is 6.07 Å². The van der Waals surface area contributed by atoms with E-state index in [0.29, 0.717) is 33.2 Å². The van der Waals surface area contributed by atoms with E-state index in [4.69, 9.17) is 21.2 Å². The molecule has 1 saturated heterocycles. The SMILES string of the molecule is NS(=O)(=O)c1ccccc1-c1ccc(CN2C(=O)S/C(=C\c3ccc(-c4ccccc4Cl)o3)C2=O)cc1. The van der Waals surface area contributed by atoms with Crippen LogP contribution in [0.5, 0.6) is 0 Å². The van der Waals surface area contributed by atoms with Crippen LogP contribution in [0.15, 0.2) is 99.1 Å². The number of thioether (sulfide) groups is 1. The van der Waals surface area contributed by atoms with Crippen molar-refractivity contribution < 1.29 is 22.4 Å². The lowest BCUT2D eigenvalue weighted by Gasteiger charge is -2.13. The van der Waals surface area contributed by atoms with Crippen LogP contribution in [0.1, 0.15) is 11.3 Å². The monoisotopic (exact) mass is 550 g/mol. The van der Waals surface area contributed by atoms with E-state index in [-0.39, 0.29) is 16.3 Å². The highest BCUT2D eigenvalue weighted by molar-refractivity contribution is 8.18. The third-order valence-electron chi connectivity index (χ3n) is 5.71. The molecule has 7 nitrogen and oxygen atoms in total. The number of nitrogens with zero attached hydrogens (tertiary/aromatic N) is 1. The van der Waals surface area contributed by atoms with Gasteiger partial charge in [0.15, 0.2) is 0 Å². The van der Waals surface area contributed by atoms with Gasteiger partial charge in [0.1, 0.15) is 11.5 Å². The average Bonchev–Trinajstić information content (AvgIpc) is 3.44. The van der Waals surface area contributed by atoms with E-state index in [0.717, 1.165) is 22.2 Å². The third kappa shape index (κ3) is 5.26. The zero-order valence-electron chi connectivity index (χ0n) is 19.1. The number of hydrogen-bond donors (Lipinski definition) is 1. The Balaban J connectivity index is 1.33. The predicted molar refractivity (Wildman–Crippen MR) is 144 cm³/mol. The second-order valence-electron chi connectivity index (χ2n) is 8.19. The van der Waals surface area contributed by atoms with Crippen molar-refractivity contribution in [2.45, 2.75) is 11.4 Å². The van der Waals surface area contributed by atoms with E-state index in [2.05, 4.69) is 0 Å². The molecular formula is C27H19ClN2O5S2. The Kier molecular flexibility index (Phi) is 6.78. The number of halogens is 1. The van der Waals surface area contributed by atoms with Gasteiger partial charge in [-0.1, -0.05) is 66.2 Å². The highest BCUT2D eigenvalue weighted by Gasteiger charge is 2.35. The van der Waals surface area contributed by atoms with Gasteiger partial charge in [0.25, 0.3) is 11.1 Å². The molecule has 2 N–H and O–H groups in total. The Morgan fingerprint density at radius 3 is 2.27 bits per heavy atom. The molecule has 1 aliphatic rings. The van der Waals surface area contributed by atoms with Crippen LogP contribution >= 0.6 is 23.4 Å². The molecule has 0 aliphatic carbocycles. The molecule has 4 aromatic rings. The van der Waals surface area contributed by atoms with Gasteiger partial charge in [0.2, 0.25) is 10.0 Å². The van der Waals surface area contributed by atoms with Crippen LogP contribution in [0.25, 0.3) is 28.5 Å². The van der Waals surface area contributed by atoms with E-state index in [1.807, 2.05) is 18.2 Å². The fraction of sp³-hybridized carbons (Fsp3) is 0.0370. The number of hydrogen-bond acceptors (Lipinski definition) is 6. The van der Waals surface area contributed by atoms with E-state index in [1.54, 1.807) is 66.7 Å². The van der Waals surface area contributed by atoms with Crippen LogP contribution < -0.4 is 5.14 Å². The summed E-state index contributed by atoms with van der Waals surface area (Å²) in [4.78, 5) is 27.0. The van der Waals surface area contributed by atoms with Gasteiger partial charge in [-0.3, -0.25) is 14.5 Å². The summed E-state index contributed by atoms with van der Waals surface area (Å²) >= 11 is 7.07. The first-order valence-electron chi connectivity index (χ1n) is 11.0. The number of rotatable bonds is 6. The Morgan fingerprint density at radius 2 is 1.57 bits per heavy atom. The maximum absolute atomic E-state index is 13.0. The number of primary sulfonamides is 1. The lowest BCUT2D eigenvalue weighted by Crippen LogP contribution is -2.27. The maximum atomic E-state index is 13.0. The summed E-state index contributed by atoms with van der Waals surface area (Å²) in [5.74, 6) is 0.563. The fourth-order valence-corrected chi connectivity index (χ4v) is 5.74. The highest BCUT2D eigenvalue weighted by atomic mass is 35.5. The number of carbonyl (C=O) groups is 2. The molecule has 0 radical (unpaired) electrons. The average molecular weight is 551 g/mol. The molecule has 186 valence electrons. The third-order valence-corrected chi connectivity index (χ3v) is 7.92. The minimum Gasteiger partial charge on any atom is -0.457 e. The topological polar surface area (TPSA) is 111 Å². The number of nitrogens with two attached hydrogens (primary N) is 1. The highest BCUT2D eigenvalue weighted by Crippen LogP contribution is 2.35.